The molecule has 124 valence electrons. The Morgan fingerprint density at radius 1 is 1.21 bits per heavy atom. The molecule has 5 nitrogen and oxygen atoms in total. The maximum atomic E-state index is 12.9. The summed E-state index contributed by atoms with van der Waals surface area (Å²) in [7, 11) is 0. The predicted molar refractivity (Wildman–Crippen MR) is 75.1 cm³/mol. The Bertz CT molecular complexity index is 862. The fourth-order valence-corrected chi connectivity index (χ4v) is 2.30. The maximum Gasteiger partial charge on any atom is 0.451 e. The van der Waals surface area contributed by atoms with E-state index in [1.165, 1.54) is 18.2 Å². The van der Waals surface area contributed by atoms with Crippen molar-refractivity contribution in [2.45, 2.75) is 19.3 Å². The van der Waals surface area contributed by atoms with Gasteiger partial charge in [-0.1, -0.05) is 6.07 Å². The average molecular weight is 339 g/mol. The third-order valence-electron chi connectivity index (χ3n) is 3.44. The lowest BCUT2D eigenvalue weighted by Crippen LogP contribution is -2.21. The minimum absolute atomic E-state index is 0.0722. The minimum atomic E-state index is -4.76. The first kappa shape index (κ1) is 16.0. The van der Waals surface area contributed by atoms with Gasteiger partial charge in [-0.3, -0.25) is 9.59 Å². The van der Waals surface area contributed by atoms with Gasteiger partial charge in [0.15, 0.2) is 6.17 Å². The van der Waals surface area contributed by atoms with E-state index in [4.69, 9.17) is 0 Å². The van der Waals surface area contributed by atoms with Crippen LogP contribution in [0.15, 0.2) is 24.4 Å². The first-order valence-corrected chi connectivity index (χ1v) is 6.77. The molecule has 2 aromatic rings. The molecule has 3 rings (SSSR count). The van der Waals surface area contributed by atoms with Gasteiger partial charge in [-0.15, -0.1) is 0 Å². The molecule has 1 aliphatic carbocycles. The molecular formula is C15H9F4N3O2. The first-order chi connectivity index (χ1) is 11.2. The van der Waals surface area contributed by atoms with Crippen molar-refractivity contribution >= 4 is 17.4 Å². The molecule has 0 saturated carbocycles. The third-order valence-corrected chi connectivity index (χ3v) is 3.44. The summed E-state index contributed by atoms with van der Waals surface area (Å²) in [5, 5.41) is 2.27. The van der Waals surface area contributed by atoms with Gasteiger partial charge in [0.1, 0.15) is 5.69 Å². The molecule has 1 aromatic carbocycles. The van der Waals surface area contributed by atoms with E-state index < -0.39 is 29.9 Å². The van der Waals surface area contributed by atoms with Crippen LogP contribution < -0.4 is 5.32 Å². The van der Waals surface area contributed by atoms with Crippen LogP contribution in [0.1, 0.15) is 28.8 Å². The van der Waals surface area contributed by atoms with Gasteiger partial charge < -0.3 is 5.32 Å². The number of carbonyl (C=O) groups is 2. The normalized spacial score (nSPS) is 14.1. The summed E-state index contributed by atoms with van der Waals surface area (Å²) in [6.07, 6.45) is -5.57. The van der Waals surface area contributed by atoms with Crippen molar-refractivity contribution in [1.29, 1.82) is 0 Å². The van der Waals surface area contributed by atoms with Gasteiger partial charge in [0.2, 0.25) is 11.6 Å². The smallest absolute Gasteiger partial charge is 0.324 e. The highest BCUT2D eigenvalue weighted by Crippen LogP contribution is 2.38. The highest BCUT2D eigenvalue weighted by Gasteiger charge is 2.38. The summed E-state index contributed by atoms with van der Waals surface area (Å²) in [4.78, 5) is 30.2. The monoisotopic (exact) mass is 339 g/mol. The number of alkyl halides is 4. The van der Waals surface area contributed by atoms with E-state index in [1.54, 1.807) is 0 Å². The molecule has 0 radical (unpaired) electrons. The highest BCUT2D eigenvalue weighted by molar-refractivity contribution is 6.21. The van der Waals surface area contributed by atoms with E-state index in [1.807, 2.05) is 0 Å². The van der Waals surface area contributed by atoms with Crippen molar-refractivity contribution in [3.05, 3.63) is 41.5 Å². The van der Waals surface area contributed by atoms with E-state index in [0.29, 0.717) is 5.56 Å². The van der Waals surface area contributed by atoms with Crippen molar-refractivity contribution in [3.8, 4) is 11.1 Å². The maximum absolute atomic E-state index is 12.9. The van der Waals surface area contributed by atoms with Crippen molar-refractivity contribution in [2.24, 2.45) is 0 Å². The highest BCUT2D eigenvalue weighted by atomic mass is 19.4. The fraction of sp³-hybridized carbons (Fsp3) is 0.200. The lowest BCUT2D eigenvalue weighted by atomic mass is 10.1. The first-order valence-electron chi connectivity index (χ1n) is 6.77. The molecule has 0 saturated heterocycles. The van der Waals surface area contributed by atoms with Crippen LogP contribution in [0.4, 0.5) is 23.2 Å². The molecule has 0 aliphatic heterocycles. The minimum Gasteiger partial charge on any atom is -0.324 e. The molecular weight excluding hydrogens is 330 g/mol. The van der Waals surface area contributed by atoms with Gasteiger partial charge in [-0.25, -0.2) is 14.4 Å². The van der Waals surface area contributed by atoms with Crippen molar-refractivity contribution in [1.82, 2.24) is 9.97 Å². The van der Waals surface area contributed by atoms with Crippen LogP contribution in [-0.2, 0) is 11.0 Å². The number of hydrogen-bond donors (Lipinski definition) is 1. The number of aromatic nitrogens is 2. The van der Waals surface area contributed by atoms with Gasteiger partial charge in [0, 0.05) is 23.0 Å². The average Bonchev–Trinajstić information content (AvgIpc) is 2.79. The van der Waals surface area contributed by atoms with Crippen LogP contribution in [0.2, 0.25) is 0 Å². The van der Waals surface area contributed by atoms with E-state index in [2.05, 4.69) is 15.3 Å². The summed E-state index contributed by atoms with van der Waals surface area (Å²) in [5.74, 6) is -3.00. The van der Waals surface area contributed by atoms with Crippen LogP contribution in [0, 0.1) is 0 Å². The number of nitrogens with zero attached hydrogens (tertiary/aromatic N) is 2. The van der Waals surface area contributed by atoms with Gasteiger partial charge in [-0.2, -0.15) is 13.2 Å². The number of rotatable bonds is 2. The Labute approximate surface area is 132 Å². The van der Waals surface area contributed by atoms with Crippen molar-refractivity contribution < 1.29 is 27.2 Å². The zero-order chi connectivity index (χ0) is 17.6. The van der Waals surface area contributed by atoms with Crippen LogP contribution in [0.5, 0.6) is 0 Å². The number of hydrogen-bond acceptors (Lipinski definition) is 4. The SMILES string of the molecule is C[C@@H](F)C(=O)Nc1ccc2c(c1)C(=O)c1nc(C(F)(F)F)ncc1-2. The Hall–Kier alpha value is -2.84. The molecule has 1 heterocycles. The van der Waals surface area contributed by atoms with E-state index in [-0.39, 0.29) is 22.5 Å². The standard InChI is InChI=1S/C15H9F4N3O2/c1-6(16)13(24)21-7-2-3-8-9(4-7)12(23)11-10(8)5-20-14(22-11)15(17,18)19/h2-6H,1H3,(H,21,24)/t6-/m1/s1. The lowest BCUT2D eigenvalue weighted by molar-refractivity contribution is -0.145. The third kappa shape index (κ3) is 2.61. The fourth-order valence-electron chi connectivity index (χ4n) is 2.30. The summed E-state index contributed by atoms with van der Waals surface area (Å²) in [6, 6.07) is 4.13. The number of carbonyl (C=O) groups excluding carboxylic acids is 2. The van der Waals surface area contributed by atoms with Crippen molar-refractivity contribution in [3.63, 3.8) is 0 Å². The number of ketones is 1. The Balaban J connectivity index is 2.01. The number of fused-ring (bicyclic) bond motifs is 3. The molecule has 0 spiro atoms. The lowest BCUT2D eigenvalue weighted by Gasteiger charge is -2.07. The molecule has 1 aliphatic rings. The molecule has 1 aromatic heterocycles. The number of amides is 1. The zero-order valence-electron chi connectivity index (χ0n) is 12.1. The zero-order valence-corrected chi connectivity index (χ0v) is 12.1. The molecule has 24 heavy (non-hydrogen) atoms. The van der Waals surface area contributed by atoms with Crippen LogP contribution in [-0.4, -0.2) is 27.8 Å². The van der Waals surface area contributed by atoms with Crippen LogP contribution in [0.3, 0.4) is 0 Å². The second-order valence-electron chi connectivity index (χ2n) is 5.15. The van der Waals surface area contributed by atoms with E-state index in [0.717, 1.165) is 13.1 Å². The summed E-state index contributed by atoms with van der Waals surface area (Å²) in [5.41, 5.74) is 0.417. The molecule has 1 N–H and O–H groups in total. The summed E-state index contributed by atoms with van der Waals surface area (Å²) in [6.45, 7) is 1.05. The van der Waals surface area contributed by atoms with Gasteiger partial charge in [0.25, 0.3) is 5.91 Å². The summed E-state index contributed by atoms with van der Waals surface area (Å²) >= 11 is 0. The van der Waals surface area contributed by atoms with Crippen LogP contribution in [0.25, 0.3) is 11.1 Å². The van der Waals surface area contributed by atoms with Gasteiger partial charge >= 0.3 is 6.18 Å². The Kier molecular flexibility index (Phi) is 3.58. The number of anilines is 1. The van der Waals surface area contributed by atoms with E-state index in [9.17, 15) is 27.2 Å². The molecule has 1 amide bonds. The van der Waals surface area contributed by atoms with Crippen LogP contribution >= 0.6 is 0 Å². The Morgan fingerprint density at radius 2 is 1.92 bits per heavy atom. The Morgan fingerprint density at radius 3 is 2.54 bits per heavy atom. The van der Waals surface area contributed by atoms with Gasteiger partial charge in [0.05, 0.1) is 0 Å². The number of nitrogens with one attached hydrogen (secondary N) is 1. The molecule has 9 heteroatoms. The number of benzene rings is 1. The second-order valence-corrected chi connectivity index (χ2v) is 5.15. The summed E-state index contributed by atoms with van der Waals surface area (Å²) < 4.78 is 50.9. The number of halogens is 4. The quantitative estimate of drug-likeness (QED) is 0.729. The molecule has 0 unspecified atom stereocenters. The molecule has 0 bridgehead atoms. The topological polar surface area (TPSA) is 72.0 Å². The second kappa shape index (κ2) is 5.36. The van der Waals surface area contributed by atoms with Gasteiger partial charge in [-0.05, 0) is 24.6 Å². The molecule has 1 atom stereocenters. The van der Waals surface area contributed by atoms with Crippen molar-refractivity contribution in [2.75, 3.05) is 5.32 Å². The van der Waals surface area contributed by atoms with E-state index >= 15 is 0 Å². The molecule has 0 fully saturated rings. The predicted octanol–water partition coefficient (Wildman–Crippen LogP) is 3.00. The largest absolute Gasteiger partial charge is 0.451 e.